The van der Waals surface area contributed by atoms with Crippen molar-refractivity contribution in [1.82, 2.24) is 4.90 Å². The van der Waals surface area contributed by atoms with Crippen LogP contribution in [0.25, 0.3) is 0 Å². The topological polar surface area (TPSA) is 47.7 Å². The lowest BCUT2D eigenvalue weighted by atomic mass is 10.1. The summed E-state index contributed by atoms with van der Waals surface area (Å²) in [4.78, 5) is 2.45. The summed E-state index contributed by atoms with van der Waals surface area (Å²) in [7, 11) is 0. The molecule has 0 aliphatic carbocycles. The van der Waals surface area contributed by atoms with E-state index in [2.05, 4.69) is 30.9 Å². The standard InChI is InChI=1S/C17H28N2O2/c1-3-10-21-16-7-5-14(6-8-16)17(18)12-19-9-11-20-13-15(19)4-2/h5-8,15,17H,3-4,9-13,18H2,1-2H3. The van der Waals surface area contributed by atoms with Crippen LogP contribution in [0.5, 0.6) is 5.75 Å². The second-order valence-electron chi connectivity index (χ2n) is 5.66. The average molecular weight is 292 g/mol. The SMILES string of the molecule is CCCOc1ccc(C(N)CN2CCOCC2CC)cc1. The van der Waals surface area contributed by atoms with Crippen molar-refractivity contribution < 1.29 is 9.47 Å². The molecule has 1 heterocycles. The van der Waals surface area contributed by atoms with E-state index in [0.717, 1.165) is 51.5 Å². The zero-order valence-electron chi connectivity index (χ0n) is 13.3. The van der Waals surface area contributed by atoms with Crippen molar-refractivity contribution in [2.75, 3.05) is 32.9 Å². The van der Waals surface area contributed by atoms with Gasteiger partial charge in [0.15, 0.2) is 0 Å². The van der Waals surface area contributed by atoms with Crippen molar-refractivity contribution in [3.05, 3.63) is 29.8 Å². The maximum Gasteiger partial charge on any atom is 0.119 e. The largest absolute Gasteiger partial charge is 0.494 e. The van der Waals surface area contributed by atoms with Gasteiger partial charge in [0, 0.05) is 25.2 Å². The lowest BCUT2D eigenvalue weighted by Crippen LogP contribution is -2.47. The van der Waals surface area contributed by atoms with Gasteiger partial charge in [-0.3, -0.25) is 4.90 Å². The smallest absolute Gasteiger partial charge is 0.119 e. The van der Waals surface area contributed by atoms with Crippen molar-refractivity contribution in [3.63, 3.8) is 0 Å². The Morgan fingerprint density at radius 2 is 2.10 bits per heavy atom. The fraction of sp³-hybridized carbons (Fsp3) is 0.647. The first-order valence-corrected chi connectivity index (χ1v) is 8.04. The zero-order chi connectivity index (χ0) is 15.1. The molecule has 2 rings (SSSR count). The summed E-state index contributed by atoms with van der Waals surface area (Å²) in [6.07, 6.45) is 2.13. The first kappa shape index (κ1) is 16.3. The lowest BCUT2D eigenvalue weighted by Gasteiger charge is -2.36. The van der Waals surface area contributed by atoms with E-state index in [4.69, 9.17) is 15.2 Å². The number of nitrogens with two attached hydrogens (primary N) is 1. The van der Waals surface area contributed by atoms with E-state index < -0.39 is 0 Å². The van der Waals surface area contributed by atoms with Crippen LogP contribution in [0.3, 0.4) is 0 Å². The summed E-state index contributed by atoms with van der Waals surface area (Å²) in [5.74, 6) is 0.922. The van der Waals surface area contributed by atoms with Gasteiger partial charge in [0.2, 0.25) is 0 Å². The molecule has 0 spiro atoms. The molecule has 118 valence electrons. The number of benzene rings is 1. The predicted octanol–water partition coefficient (Wildman–Crippen LogP) is 2.59. The third kappa shape index (κ3) is 4.70. The van der Waals surface area contributed by atoms with E-state index >= 15 is 0 Å². The molecular weight excluding hydrogens is 264 g/mol. The molecule has 1 fully saturated rings. The Bertz CT molecular complexity index is 408. The van der Waals surface area contributed by atoms with Gasteiger partial charge in [-0.1, -0.05) is 26.0 Å². The molecule has 1 aliphatic rings. The van der Waals surface area contributed by atoms with Gasteiger partial charge in [0.1, 0.15) is 5.75 Å². The highest BCUT2D eigenvalue weighted by atomic mass is 16.5. The first-order valence-electron chi connectivity index (χ1n) is 8.04. The van der Waals surface area contributed by atoms with E-state index in [1.165, 1.54) is 5.56 Å². The molecule has 1 aromatic carbocycles. The van der Waals surface area contributed by atoms with Gasteiger partial charge < -0.3 is 15.2 Å². The molecule has 0 saturated carbocycles. The first-order chi connectivity index (χ1) is 10.2. The Morgan fingerprint density at radius 1 is 1.33 bits per heavy atom. The highest BCUT2D eigenvalue weighted by Gasteiger charge is 2.23. The number of morpholine rings is 1. The van der Waals surface area contributed by atoms with Crippen LogP contribution in [0.4, 0.5) is 0 Å². The molecule has 1 saturated heterocycles. The number of hydrogen-bond acceptors (Lipinski definition) is 4. The minimum Gasteiger partial charge on any atom is -0.494 e. The van der Waals surface area contributed by atoms with Crippen molar-refractivity contribution in [2.24, 2.45) is 5.73 Å². The molecule has 1 aromatic rings. The minimum absolute atomic E-state index is 0.0392. The van der Waals surface area contributed by atoms with Crippen molar-refractivity contribution in [2.45, 2.75) is 38.8 Å². The van der Waals surface area contributed by atoms with Gasteiger partial charge in [0.05, 0.1) is 19.8 Å². The van der Waals surface area contributed by atoms with E-state index in [0.29, 0.717) is 6.04 Å². The molecule has 0 bridgehead atoms. The molecule has 2 atom stereocenters. The van der Waals surface area contributed by atoms with Crippen LogP contribution in [-0.4, -0.2) is 43.9 Å². The molecule has 2 N–H and O–H groups in total. The number of nitrogens with zero attached hydrogens (tertiary/aromatic N) is 1. The van der Waals surface area contributed by atoms with Gasteiger partial charge in [-0.05, 0) is 30.5 Å². The van der Waals surface area contributed by atoms with Gasteiger partial charge >= 0.3 is 0 Å². The highest BCUT2D eigenvalue weighted by molar-refractivity contribution is 5.29. The van der Waals surface area contributed by atoms with Crippen LogP contribution in [0, 0.1) is 0 Å². The molecule has 21 heavy (non-hydrogen) atoms. The average Bonchev–Trinajstić information content (AvgIpc) is 2.54. The number of ether oxygens (including phenoxy) is 2. The normalized spacial score (nSPS) is 21.2. The van der Waals surface area contributed by atoms with Gasteiger partial charge in [-0.2, -0.15) is 0 Å². The summed E-state index contributed by atoms with van der Waals surface area (Å²) in [5, 5.41) is 0. The maximum absolute atomic E-state index is 6.37. The van der Waals surface area contributed by atoms with E-state index in [-0.39, 0.29) is 6.04 Å². The Balaban J connectivity index is 1.91. The predicted molar refractivity (Wildman–Crippen MR) is 85.6 cm³/mol. The van der Waals surface area contributed by atoms with Gasteiger partial charge in [-0.25, -0.2) is 0 Å². The van der Waals surface area contributed by atoms with Crippen LogP contribution < -0.4 is 10.5 Å². The molecule has 0 aromatic heterocycles. The van der Waals surface area contributed by atoms with Gasteiger partial charge in [0.25, 0.3) is 0 Å². The monoisotopic (exact) mass is 292 g/mol. The fourth-order valence-corrected chi connectivity index (χ4v) is 2.69. The Labute approximate surface area is 128 Å². The Kier molecular flexibility index (Phi) is 6.49. The summed E-state index contributed by atoms with van der Waals surface area (Å²) in [6.45, 7) is 8.58. The van der Waals surface area contributed by atoms with Crippen LogP contribution in [0.2, 0.25) is 0 Å². The van der Waals surface area contributed by atoms with Crippen LogP contribution >= 0.6 is 0 Å². The Hall–Kier alpha value is -1.10. The lowest BCUT2D eigenvalue weighted by molar-refractivity contribution is -0.0110. The summed E-state index contributed by atoms with van der Waals surface area (Å²) < 4.78 is 11.2. The molecule has 2 unspecified atom stereocenters. The second-order valence-corrected chi connectivity index (χ2v) is 5.66. The fourth-order valence-electron chi connectivity index (χ4n) is 2.69. The third-order valence-corrected chi connectivity index (χ3v) is 4.03. The maximum atomic E-state index is 6.37. The highest BCUT2D eigenvalue weighted by Crippen LogP contribution is 2.19. The minimum atomic E-state index is 0.0392. The second kappa shape index (κ2) is 8.37. The summed E-state index contributed by atoms with van der Waals surface area (Å²) in [5.41, 5.74) is 7.54. The van der Waals surface area contributed by atoms with Crippen molar-refractivity contribution >= 4 is 0 Å². The van der Waals surface area contributed by atoms with E-state index in [1.54, 1.807) is 0 Å². The van der Waals surface area contributed by atoms with Gasteiger partial charge in [-0.15, -0.1) is 0 Å². The Morgan fingerprint density at radius 3 is 2.76 bits per heavy atom. The third-order valence-electron chi connectivity index (χ3n) is 4.03. The molecular formula is C17H28N2O2. The molecule has 1 aliphatic heterocycles. The van der Waals surface area contributed by atoms with Crippen molar-refractivity contribution in [3.8, 4) is 5.75 Å². The molecule has 0 amide bonds. The van der Waals surface area contributed by atoms with Crippen LogP contribution in [0.1, 0.15) is 38.3 Å². The van der Waals surface area contributed by atoms with Crippen LogP contribution in [-0.2, 0) is 4.74 Å². The molecule has 4 nitrogen and oxygen atoms in total. The van der Waals surface area contributed by atoms with E-state index in [1.807, 2.05) is 12.1 Å². The molecule has 0 radical (unpaired) electrons. The number of hydrogen-bond donors (Lipinski definition) is 1. The quantitative estimate of drug-likeness (QED) is 0.839. The summed E-state index contributed by atoms with van der Waals surface area (Å²) >= 11 is 0. The zero-order valence-corrected chi connectivity index (χ0v) is 13.3. The number of rotatable bonds is 7. The van der Waals surface area contributed by atoms with E-state index in [9.17, 15) is 0 Å². The molecule has 4 heteroatoms. The van der Waals surface area contributed by atoms with Crippen LogP contribution in [0.15, 0.2) is 24.3 Å². The summed E-state index contributed by atoms with van der Waals surface area (Å²) in [6, 6.07) is 8.73. The van der Waals surface area contributed by atoms with Crippen molar-refractivity contribution in [1.29, 1.82) is 0 Å².